The molecule has 1 aliphatic heterocycles. The Balaban J connectivity index is 1.60. The van der Waals surface area contributed by atoms with Crippen LogP contribution in [0.3, 0.4) is 0 Å². The standard InChI is InChI=1S/C19H17FN2O2S2/c20-16-5-3-4-15(12-16)19-21-18(13-25-19)14-6-8-17(9-7-14)26(23,24)22-10-1-2-11-22/h3-9,12-13H,1-2,10-11H2. The van der Waals surface area contributed by atoms with Crippen LogP contribution in [0.1, 0.15) is 12.8 Å². The molecule has 1 aromatic heterocycles. The van der Waals surface area contributed by atoms with Crippen LogP contribution in [0.4, 0.5) is 4.39 Å². The highest BCUT2D eigenvalue weighted by atomic mass is 32.2. The molecular formula is C19H17FN2O2S2. The lowest BCUT2D eigenvalue weighted by Gasteiger charge is -2.15. The van der Waals surface area contributed by atoms with E-state index in [9.17, 15) is 12.8 Å². The van der Waals surface area contributed by atoms with Crippen molar-refractivity contribution in [3.63, 3.8) is 0 Å². The molecule has 2 heterocycles. The van der Waals surface area contributed by atoms with E-state index in [-0.39, 0.29) is 5.82 Å². The zero-order chi connectivity index (χ0) is 18.1. The van der Waals surface area contributed by atoms with Crippen LogP contribution in [0.25, 0.3) is 21.8 Å². The van der Waals surface area contributed by atoms with Crippen LogP contribution in [0.15, 0.2) is 58.8 Å². The third-order valence-electron chi connectivity index (χ3n) is 4.43. The SMILES string of the molecule is O=S(=O)(c1ccc(-c2csc(-c3cccc(F)c3)n2)cc1)N1CCCC1. The van der Waals surface area contributed by atoms with Crippen molar-refractivity contribution in [3.05, 3.63) is 59.7 Å². The first-order chi connectivity index (χ1) is 12.5. The van der Waals surface area contributed by atoms with E-state index in [4.69, 9.17) is 0 Å². The Morgan fingerprint density at radius 2 is 1.73 bits per heavy atom. The van der Waals surface area contributed by atoms with Gasteiger partial charge in [0.25, 0.3) is 0 Å². The van der Waals surface area contributed by atoms with Gasteiger partial charge in [0.05, 0.1) is 10.6 Å². The van der Waals surface area contributed by atoms with Gasteiger partial charge >= 0.3 is 0 Å². The van der Waals surface area contributed by atoms with Gasteiger partial charge in [0.15, 0.2) is 0 Å². The summed E-state index contributed by atoms with van der Waals surface area (Å²) in [4.78, 5) is 4.86. The van der Waals surface area contributed by atoms with Gasteiger partial charge in [-0.05, 0) is 37.1 Å². The van der Waals surface area contributed by atoms with Crippen molar-refractivity contribution in [1.29, 1.82) is 0 Å². The summed E-state index contributed by atoms with van der Waals surface area (Å²) in [6.07, 6.45) is 1.83. The minimum absolute atomic E-state index is 0.296. The zero-order valence-corrected chi connectivity index (χ0v) is 15.6. The summed E-state index contributed by atoms with van der Waals surface area (Å²) < 4.78 is 40.1. The predicted octanol–water partition coefficient (Wildman–Crippen LogP) is 4.40. The predicted molar refractivity (Wildman–Crippen MR) is 101 cm³/mol. The summed E-state index contributed by atoms with van der Waals surface area (Å²) in [6.45, 7) is 1.18. The maximum absolute atomic E-state index is 13.4. The summed E-state index contributed by atoms with van der Waals surface area (Å²) >= 11 is 1.43. The van der Waals surface area contributed by atoms with E-state index >= 15 is 0 Å². The van der Waals surface area contributed by atoms with E-state index < -0.39 is 10.0 Å². The van der Waals surface area contributed by atoms with Gasteiger partial charge in [0.1, 0.15) is 10.8 Å². The molecule has 0 spiro atoms. The average Bonchev–Trinajstić information content (AvgIpc) is 3.34. The van der Waals surface area contributed by atoms with E-state index in [0.29, 0.717) is 18.0 Å². The van der Waals surface area contributed by atoms with Crippen LogP contribution >= 0.6 is 11.3 Å². The molecule has 134 valence electrons. The lowest BCUT2D eigenvalue weighted by molar-refractivity contribution is 0.477. The monoisotopic (exact) mass is 388 g/mol. The first-order valence-corrected chi connectivity index (χ1v) is 10.7. The number of thiazole rings is 1. The van der Waals surface area contributed by atoms with E-state index in [1.807, 2.05) is 11.4 Å². The fourth-order valence-electron chi connectivity index (χ4n) is 3.04. The molecule has 1 saturated heterocycles. The molecular weight excluding hydrogens is 371 g/mol. The summed E-state index contributed by atoms with van der Waals surface area (Å²) in [7, 11) is -3.41. The average molecular weight is 388 g/mol. The number of benzene rings is 2. The second-order valence-corrected chi connectivity index (χ2v) is 8.98. The van der Waals surface area contributed by atoms with E-state index in [1.165, 1.54) is 27.8 Å². The molecule has 0 aliphatic carbocycles. The van der Waals surface area contributed by atoms with Crippen molar-refractivity contribution in [1.82, 2.24) is 9.29 Å². The molecule has 0 radical (unpaired) electrons. The van der Waals surface area contributed by atoms with E-state index in [2.05, 4.69) is 4.98 Å². The van der Waals surface area contributed by atoms with Crippen molar-refractivity contribution >= 4 is 21.4 Å². The van der Waals surface area contributed by atoms with E-state index in [1.54, 1.807) is 30.3 Å². The first kappa shape index (κ1) is 17.3. The van der Waals surface area contributed by atoms with Gasteiger partial charge in [0.2, 0.25) is 10.0 Å². The second kappa shape index (κ2) is 6.90. The molecule has 0 amide bonds. The number of halogens is 1. The van der Waals surface area contributed by atoms with Crippen LogP contribution in [0.2, 0.25) is 0 Å². The Morgan fingerprint density at radius 3 is 2.42 bits per heavy atom. The van der Waals surface area contributed by atoms with Crippen LogP contribution in [0, 0.1) is 5.82 Å². The maximum atomic E-state index is 13.4. The normalized spacial score (nSPS) is 15.4. The lowest BCUT2D eigenvalue weighted by Crippen LogP contribution is -2.27. The Kier molecular flexibility index (Phi) is 4.60. The van der Waals surface area contributed by atoms with Crippen molar-refractivity contribution in [2.45, 2.75) is 17.7 Å². The molecule has 3 aromatic rings. The minimum atomic E-state index is -3.41. The molecule has 0 N–H and O–H groups in total. The summed E-state index contributed by atoms with van der Waals surface area (Å²) in [5.41, 5.74) is 2.32. The van der Waals surface area contributed by atoms with Crippen molar-refractivity contribution < 1.29 is 12.8 Å². The number of aromatic nitrogens is 1. The molecule has 1 aliphatic rings. The smallest absolute Gasteiger partial charge is 0.236 e. The molecule has 4 nitrogen and oxygen atoms in total. The number of sulfonamides is 1. The topological polar surface area (TPSA) is 50.3 Å². The molecule has 0 unspecified atom stereocenters. The van der Waals surface area contributed by atoms with Gasteiger partial charge in [-0.2, -0.15) is 4.31 Å². The Hall–Kier alpha value is -2.09. The summed E-state index contributed by atoms with van der Waals surface area (Å²) in [5.74, 6) is -0.296. The highest BCUT2D eigenvalue weighted by Gasteiger charge is 2.27. The minimum Gasteiger partial charge on any atom is -0.236 e. The van der Waals surface area contributed by atoms with Crippen LogP contribution in [-0.2, 0) is 10.0 Å². The number of hydrogen-bond donors (Lipinski definition) is 0. The second-order valence-electron chi connectivity index (χ2n) is 6.18. The van der Waals surface area contributed by atoms with Crippen molar-refractivity contribution in [3.8, 4) is 21.8 Å². The lowest BCUT2D eigenvalue weighted by atomic mass is 10.2. The number of hydrogen-bond acceptors (Lipinski definition) is 4. The molecule has 0 atom stereocenters. The van der Waals surface area contributed by atoms with Gasteiger partial charge in [-0.1, -0.05) is 24.3 Å². The summed E-state index contributed by atoms with van der Waals surface area (Å²) in [6, 6.07) is 13.1. The van der Waals surface area contributed by atoms with E-state index in [0.717, 1.165) is 34.7 Å². The van der Waals surface area contributed by atoms with Gasteiger partial charge < -0.3 is 0 Å². The van der Waals surface area contributed by atoms with Gasteiger partial charge in [-0.25, -0.2) is 17.8 Å². The molecule has 7 heteroatoms. The third kappa shape index (κ3) is 3.30. The van der Waals surface area contributed by atoms with Gasteiger partial charge in [-0.3, -0.25) is 0 Å². The molecule has 26 heavy (non-hydrogen) atoms. The quantitative estimate of drug-likeness (QED) is 0.666. The number of rotatable bonds is 4. The Bertz CT molecular complexity index is 1020. The number of nitrogens with zero attached hydrogens (tertiary/aromatic N) is 2. The molecule has 1 fully saturated rings. The summed E-state index contributed by atoms with van der Waals surface area (Å²) in [5, 5.41) is 2.62. The van der Waals surface area contributed by atoms with Gasteiger partial charge in [0, 0.05) is 29.6 Å². The Labute approximate surface area is 156 Å². The van der Waals surface area contributed by atoms with Crippen LogP contribution in [0.5, 0.6) is 0 Å². The first-order valence-electron chi connectivity index (χ1n) is 8.36. The largest absolute Gasteiger partial charge is 0.243 e. The van der Waals surface area contributed by atoms with Crippen molar-refractivity contribution in [2.24, 2.45) is 0 Å². The van der Waals surface area contributed by atoms with Crippen LogP contribution < -0.4 is 0 Å². The van der Waals surface area contributed by atoms with Crippen LogP contribution in [-0.4, -0.2) is 30.8 Å². The zero-order valence-electron chi connectivity index (χ0n) is 13.9. The van der Waals surface area contributed by atoms with Crippen molar-refractivity contribution in [2.75, 3.05) is 13.1 Å². The Morgan fingerprint density at radius 1 is 1.00 bits per heavy atom. The molecule has 0 saturated carbocycles. The molecule has 0 bridgehead atoms. The fourth-order valence-corrected chi connectivity index (χ4v) is 5.38. The molecule has 2 aromatic carbocycles. The molecule has 4 rings (SSSR count). The van der Waals surface area contributed by atoms with Gasteiger partial charge in [-0.15, -0.1) is 11.3 Å². The highest BCUT2D eigenvalue weighted by Crippen LogP contribution is 2.30. The maximum Gasteiger partial charge on any atom is 0.243 e. The fraction of sp³-hybridized carbons (Fsp3) is 0.211. The third-order valence-corrected chi connectivity index (χ3v) is 7.23. The highest BCUT2D eigenvalue weighted by molar-refractivity contribution is 7.89.